The van der Waals surface area contributed by atoms with Crippen LogP contribution in [0.4, 0.5) is 0 Å². The Balaban J connectivity index is -0.000000163. The van der Waals surface area contributed by atoms with Crippen molar-refractivity contribution in [3.8, 4) is 0 Å². The fourth-order valence-electron chi connectivity index (χ4n) is 0.718. The molecule has 0 unspecified atom stereocenters. The molecule has 55 valence electrons. The van der Waals surface area contributed by atoms with E-state index in [9.17, 15) is 0 Å². The molecule has 0 aliphatic rings. The zero-order valence-corrected chi connectivity index (χ0v) is 9.06. The van der Waals surface area contributed by atoms with Gasteiger partial charge in [-0.3, -0.25) is 0 Å². The van der Waals surface area contributed by atoms with Gasteiger partial charge in [0.15, 0.2) is 0 Å². The molecule has 0 heterocycles. The largest absolute Gasteiger partial charge is 3.00 e. The number of halogens is 2. The van der Waals surface area contributed by atoms with Gasteiger partial charge in [-0.05, 0) is 0 Å². The molecular formula is C7H9Cl2Ti. The molecule has 1 rings (SSSR count). The first kappa shape index (κ1) is 16.9. The van der Waals surface area contributed by atoms with Gasteiger partial charge in [-0.25, -0.2) is 11.6 Å². The second kappa shape index (κ2) is 7.75. The average Bonchev–Trinajstić information content (AvgIpc) is 1.87. The van der Waals surface area contributed by atoms with Crippen LogP contribution in [0.2, 0.25) is 0 Å². The number of hydrogen-bond donors (Lipinski definition) is 0. The minimum Gasteiger partial charge on any atom is -1.00 e. The predicted octanol–water partition coefficient (Wildman–Crippen LogP) is -3.97. The van der Waals surface area contributed by atoms with E-state index >= 15 is 0 Å². The molecule has 1 aromatic rings. The summed E-state index contributed by atoms with van der Waals surface area (Å²) >= 11 is 0. The average molecular weight is 212 g/mol. The third-order valence-corrected chi connectivity index (χ3v) is 1.06. The third-order valence-electron chi connectivity index (χ3n) is 1.06. The maximum Gasteiger partial charge on any atom is 3.00 e. The summed E-state index contributed by atoms with van der Waals surface area (Å²) in [5.74, 6) is 0. The van der Waals surface area contributed by atoms with Crippen molar-refractivity contribution in [1.82, 2.24) is 0 Å². The molecule has 0 atom stereocenters. The van der Waals surface area contributed by atoms with Gasteiger partial charge >= 0.3 is 21.7 Å². The van der Waals surface area contributed by atoms with Crippen molar-refractivity contribution >= 4 is 0 Å². The molecule has 0 spiro atoms. The van der Waals surface area contributed by atoms with Gasteiger partial charge in [-0.15, -0.1) is 0 Å². The van der Waals surface area contributed by atoms with E-state index in [1.807, 2.05) is 0 Å². The topological polar surface area (TPSA) is 0 Å². The summed E-state index contributed by atoms with van der Waals surface area (Å²) in [5.41, 5.74) is 2.72. The van der Waals surface area contributed by atoms with Crippen molar-refractivity contribution in [2.45, 2.75) is 13.8 Å². The van der Waals surface area contributed by atoms with Crippen molar-refractivity contribution in [2.75, 3.05) is 0 Å². The Hall–Kier alpha value is 0.644. The summed E-state index contributed by atoms with van der Waals surface area (Å²) in [6.45, 7) is 4.21. The summed E-state index contributed by atoms with van der Waals surface area (Å²) in [6.07, 6.45) is 0. The maximum absolute atomic E-state index is 2.17. The molecular weight excluding hydrogens is 203 g/mol. The number of aryl methyl sites for hydroxylation is 2. The van der Waals surface area contributed by atoms with Crippen molar-refractivity contribution in [3.05, 3.63) is 29.3 Å². The molecule has 0 bridgehead atoms. The Kier molecular flexibility index (Phi) is 13.1. The molecule has 0 amide bonds. The summed E-state index contributed by atoms with van der Waals surface area (Å²) in [6, 6.07) is 6.41. The van der Waals surface area contributed by atoms with E-state index in [-0.39, 0.29) is 46.5 Å². The summed E-state index contributed by atoms with van der Waals surface area (Å²) in [5, 5.41) is 0. The van der Waals surface area contributed by atoms with Gasteiger partial charge in [0.1, 0.15) is 0 Å². The van der Waals surface area contributed by atoms with Crippen LogP contribution < -0.4 is 24.8 Å². The molecule has 1 aromatic carbocycles. The van der Waals surface area contributed by atoms with Crippen molar-refractivity contribution in [2.24, 2.45) is 0 Å². The van der Waals surface area contributed by atoms with Crippen LogP contribution in [0.25, 0.3) is 0 Å². The standard InChI is InChI=1S/C7H9.2ClH.Ti/c1-6-3-4-7(2)5-6;;;/h3-5H,1-2H3;2*1H;/q-1;;;+3/p-2. The van der Waals surface area contributed by atoms with E-state index in [1.165, 1.54) is 11.1 Å². The molecule has 0 saturated carbocycles. The normalized spacial score (nSPS) is 6.60. The van der Waals surface area contributed by atoms with E-state index < -0.39 is 0 Å². The summed E-state index contributed by atoms with van der Waals surface area (Å²) in [7, 11) is 0. The van der Waals surface area contributed by atoms with Gasteiger partial charge in [-0.1, -0.05) is 13.8 Å². The first-order valence-electron chi connectivity index (χ1n) is 2.49. The SMILES string of the molecule is Cc1cc[c-](C)c1.[Cl-].[Cl-].[Ti+3]. The van der Waals surface area contributed by atoms with Gasteiger partial charge in [-0.2, -0.15) is 17.7 Å². The van der Waals surface area contributed by atoms with Crippen LogP contribution in [-0.4, -0.2) is 0 Å². The first-order valence-corrected chi connectivity index (χ1v) is 2.49. The molecule has 0 saturated heterocycles. The van der Waals surface area contributed by atoms with Gasteiger partial charge < -0.3 is 24.8 Å². The minimum atomic E-state index is 0. The zero-order chi connectivity index (χ0) is 5.28. The summed E-state index contributed by atoms with van der Waals surface area (Å²) < 4.78 is 0. The fraction of sp³-hybridized carbons (Fsp3) is 0.286. The monoisotopic (exact) mass is 211 g/mol. The molecule has 1 radical (unpaired) electrons. The smallest absolute Gasteiger partial charge is 1.00 e. The van der Waals surface area contributed by atoms with E-state index in [1.54, 1.807) is 0 Å². The van der Waals surface area contributed by atoms with Crippen molar-refractivity contribution in [1.29, 1.82) is 0 Å². The van der Waals surface area contributed by atoms with Crippen LogP contribution in [-0.2, 0) is 21.7 Å². The Bertz CT molecular complexity index is 144. The van der Waals surface area contributed by atoms with Gasteiger partial charge in [0.05, 0.1) is 0 Å². The molecule has 0 aliphatic heterocycles. The molecule has 0 aromatic heterocycles. The maximum atomic E-state index is 2.17. The van der Waals surface area contributed by atoms with E-state index in [2.05, 4.69) is 32.0 Å². The third kappa shape index (κ3) is 5.43. The molecule has 10 heavy (non-hydrogen) atoms. The van der Waals surface area contributed by atoms with E-state index in [4.69, 9.17) is 0 Å². The van der Waals surface area contributed by atoms with Gasteiger partial charge in [0, 0.05) is 0 Å². The van der Waals surface area contributed by atoms with Crippen molar-refractivity contribution in [3.63, 3.8) is 0 Å². The van der Waals surface area contributed by atoms with Crippen LogP contribution in [0.3, 0.4) is 0 Å². The minimum absolute atomic E-state index is 0. The molecule has 0 nitrogen and oxygen atoms in total. The molecule has 3 heteroatoms. The van der Waals surface area contributed by atoms with Crippen LogP contribution in [0.5, 0.6) is 0 Å². The Morgan fingerprint density at radius 2 is 1.80 bits per heavy atom. The van der Waals surface area contributed by atoms with Crippen LogP contribution in [0.1, 0.15) is 11.1 Å². The first-order chi connectivity index (χ1) is 3.29. The fourth-order valence-corrected chi connectivity index (χ4v) is 0.718. The van der Waals surface area contributed by atoms with Crippen LogP contribution in [0, 0.1) is 13.8 Å². The molecule has 0 N–H and O–H groups in total. The predicted molar refractivity (Wildman–Crippen MR) is 31.5 cm³/mol. The van der Waals surface area contributed by atoms with E-state index in [0.29, 0.717) is 0 Å². The quantitative estimate of drug-likeness (QED) is 0.304. The second-order valence-electron chi connectivity index (χ2n) is 1.97. The molecule has 0 aliphatic carbocycles. The van der Waals surface area contributed by atoms with Gasteiger partial charge in [0.25, 0.3) is 0 Å². The number of rotatable bonds is 0. The van der Waals surface area contributed by atoms with E-state index in [0.717, 1.165) is 0 Å². The second-order valence-corrected chi connectivity index (χ2v) is 1.97. The Morgan fingerprint density at radius 1 is 1.30 bits per heavy atom. The van der Waals surface area contributed by atoms with Crippen LogP contribution >= 0.6 is 0 Å². The molecule has 0 fully saturated rings. The van der Waals surface area contributed by atoms with Crippen molar-refractivity contribution < 1.29 is 46.5 Å². The summed E-state index contributed by atoms with van der Waals surface area (Å²) in [4.78, 5) is 0. The Labute approximate surface area is 89.5 Å². The number of hydrogen-bond acceptors (Lipinski definition) is 0. The van der Waals surface area contributed by atoms with Crippen LogP contribution in [0.15, 0.2) is 18.2 Å². The Morgan fingerprint density at radius 3 is 1.90 bits per heavy atom. The zero-order valence-electron chi connectivity index (χ0n) is 5.99. The van der Waals surface area contributed by atoms with Gasteiger partial charge in [0.2, 0.25) is 0 Å².